The quantitative estimate of drug-likeness (QED) is 0.471. The van der Waals surface area contributed by atoms with Crippen LogP contribution in [0.1, 0.15) is 34.5 Å². The first kappa shape index (κ1) is 36.8. The summed E-state index contributed by atoms with van der Waals surface area (Å²) in [6.45, 7) is 4.74. The molecule has 0 aromatic heterocycles. The van der Waals surface area contributed by atoms with Crippen LogP contribution in [-0.4, -0.2) is 39.8 Å². The molecule has 154 valence electrons. The van der Waals surface area contributed by atoms with E-state index in [9.17, 15) is 51.8 Å². The Kier molecular flexibility index (Phi) is 28.9. The topological polar surface area (TPSA) is 29.5 Å². The Hall–Kier alpha value is 0.911. The fourth-order valence-electron chi connectivity index (χ4n) is 0.724. The third-order valence-electron chi connectivity index (χ3n) is 1.16. The molecule has 0 radical (unpaired) electrons. The maximum absolute atomic E-state index is 9.75. The van der Waals surface area contributed by atoms with E-state index < -0.39 is 28.1 Å². The van der Waals surface area contributed by atoms with Crippen LogP contribution in [0.2, 0.25) is 0 Å². The van der Waals surface area contributed by atoms with Crippen LogP contribution < -0.4 is 51.4 Å². The van der Waals surface area contributed by atoms with Gasteiger partial charge in [0.1, 0.15) is 0 Å². The number of hydrogen-bond acceptors (Lipinski definition) is 2. The van der Waals surface area contributed by atoms with Crippen molar-refractivity contribution in [1.82, 2.24) is 0 Å². The van der Waals surface area contributed by atoms with Crippen molar-refractivity contribution in [1.29, 1.82) is 0 Å². The molecule has 1 heterocycles. The molecule has 0 aromatic carbocycles. The minimum absolute atomic E-state index is 0. The van der Waals surface area contributed by atoms with Gasteiger partial charge >= 0.3 is 73.1 Å². The zero-order chi connectivity index (χ0) is 20.6. The number of hydrogen-bond donors (Lipinski definition) is 1. The van der Waals surface area contributed by atoms with Gasteiger partial charge in [-0.1, -0.05) is 13.8 Å². The van der Waals surface area contributed by atoms with E-state index in [1.54, 1.807) is 0 Å². The summed E-state index contributed by atoms with van der Waals surface area (Å²) >= 11 is 0. The van der Waals surface area contributed by atoms with E-state index in [-0.39, 0.29) is 52.8 Å². The van der Waals surface area contributed by atoms with Gasteiger partial charge in [0.2, 0.25) is 0 Å². The van der Waals surface area contributed by atoms with Crippen LogP contribution in [0, 0.1) is 0 Å². The normalized spacial score (nSPS) is 16.7. The first-order chi connectivity index (χ1) is 10.4. The number of ether oxygens (including phenoxy) is 1. The van der Waals surface area contributed by atoms with Gasteiger partial charge in [-0.05, 0) is 19.3 Å². The summed E-state index contributed by atoms with van der Waals surface area (Å²) < 4.78 is 122. The number of aliphatic hydroxyl groups excluding tert-OH is 1. The molecule has 2 nitrogen and oxygen atoms in total. The third-order valence-corrected chi connectivity index (χ3v) is 1.16. The van der Waals surface area contributed by atoms with Gasteiger partial charge in [0, 0.05) is 6.61 Å². The number of halogens is 12. The maximum atomic E-state index is 9.75. The van der Waals surface area contributed by atoms with Gasteiger partial charge in [0.15, 0.2) is 6.29 Å². The minimum atomic E-state index is -6.00. The van der Waals surface area contributed by atoms with Crippen LogP contribution in [0.5, 0.6) is 0 Å². The Labute approximate surface area is 181 Å². The summed E-state index contributed by atoms with van der Waals surface area (Å²) in [5.41, 5.74) is 0. The van der Waals surface area contributed by atoms with Crippen molar-refractivity contribution in [3.8, 4) is 0 Å². The van der Waals surface area contributed by atoms with E-state index in [0.717, 1.165) is 25.9 Å². The molecule has 1 aliphatic heterocycles. The van der Waals surface area contributed by atoms with Crippen molar-refractivity contribution in [3.63, 3.8) is 0 Å². The van der Waals surface area contributed by atoms with Crippen LogP contribution in [0.3, 0.4) is 0 Å². The van der Waals surface area contributed by atoms with E-state index in [1.807, 2.05) is 13.8 Å². The first-order valence-corrected chi connectivity index (χ1v) is 6.31. The monoisotopic (exact) mass is 433 g/mol. The van der Waals surface area contributed by atoms with E-state index >= 15 is 0 Å². The van der Waals surface area contributed by atoms with Gasteiger partial charge in [-0.3, -0.25) is 0 Å². The fourth-order valence-corrected chi connectivity index (χ4v) is 0.724. The third kappa shape index (κ3) is 165. The fraction of sp³-hybridized carbons (Fsp3) is 1.00. The second-order valence-corrected chi connectivity index (χ2v) is 3.31. The van der Waals surface area contributed by atoms with Crippen LogP contribution in [-0.2, 0) is 4.74 Å². The summed E-state index contributed by atoms with van der Waals surface area (Å²) in [5.74, 6) is 0. The molecule has 0 spiro atoms. The molecule has 0 saturated carbocycles. The average Bonchev–Trinajstić information content (AvgIpc) is 2.25. The Balaban J connectivity index is -0.0000000491. The molecule has 1 aliphatic rings. The largest absolute Gasteiger partial charge is 1.00 e. The van der Waals surface area contributed by atoms with Crippen LogP contribution >= 0.6 is 0 Å². The van der Waals surface area contributed by atoms with Crippen LogP contribution in [0.15, 0.2) is 0 Å². The predicted molar refractivity (Wildman–Crippen MR) is 68.8 cm³/mol. The molecule has 0 bridgehead atoms. The van der Waals surface area contributed by atoms with Gasteiger partial charge in [-0.2, -0.15) is 0 Å². The summed E-state index contributed by atoms with van der Waals surface area (Å²) in [5, 5.41) is 8.69. The molecule has 1 atom stereocenters. The molecular formula is C7H17B3F12KO2-3. The SMILES string of the molecule is CC.F[B-](F)(F)F.F[B-](F)(F)F.F[B-](F)(F)F.OC1CCCCO1.[H-].[K+]. The van der Waals surface area contributed by atoms with Gasteiger partial charge in [-0.15, -0.1) is 0 Å². The Morgan fingerprint density at radius 1 is 0.720 bits per heavy atom. The first-order valence-electron chi connectivity index (χ1n) is 6.31. The van der Waals surface area contributed by atoms with Gasteiger partial charge in [-0.25, -0.2) is 0 Å². The standard InChI is InChI=1S/C5H10O2.C2H6.3BF4.K.H/c6-5-3-1-2-4-7-5;1-2;3*2-1(3,4)5;;/h5-6H,1-4H2;1-2H3;;;;;/q;;3*-1;+1;-1. The average molecular weight is 433 g/mol. The molecule has 0 aromatic rings. The molecule has 1 fully saturated rings. The van der Waals surface area contributed by atoms with Crippen LogP contribution in [0.4, 0.5) is 51.8 Å². The molecule has 1 saturated heterocycles. The van der Waals surface area contributed by atoms with E-state index in [1.165, 1.54) is 0 Å². The zero-order valence-electron chi connectivity index (χ0n) is 14.5. The molecule has 25 heavy (non-hydrogen) atoms. The van der Waals surface area contributed by atoms with Gasteiger partial charge < -0.3 is 63.1 Å². The smallest absolute Gasteiger partial charge is 1.00 e. The van der Waals surface area contributed by atoms with Gasteiger partial charge in [0.05, 0.1) is 0 Å². The summed E-state index contributed by atoms with van der Waals surface area (Å²) in [7, 11) is -18.0. The second kappa shape index (κ2) is 19.7. The molecule has 0 amide bonds. The number of aliphatic hydroxyl groups is 1. The van der Waals surface area contributed by atoms with Crippen molar-refractivity contribution in [2.24, 2.45) is 0 Å². The van der Waals surface area contributed by atoms with Crippen molar-refractivity contribution in [2.75, 3.05) is 6.61 Å². The zero-order valence-corrected chi connectivity index (χ0v) is 16.7. The summed E-state index contributed by atoms with van der Waals surface area (Å²) in [6.07, 6.45) is 2.58. The maximum Gasteiger partial charge on any atom is 1.00 e. The van der Waals surface area contributed by atoms with Crippen molar-refractivity contribution in [3.05, 3.63) is 0 Å². The van der Waals surface area contributed by atoms with Gasteiger partial charge in [0.25, 0.3) is 0 Å². The molecule has 18 heteroatoms. The molecule has 1 unspecified atom stereocenters. The number of rotatable bonds is 0. The minimum Gasteiger partial charge on any atom is -1.00 e. The molecule has 1 N–H and O–H groups in total. The van der Waals surface area contributed by atoms with E-state index in [2.05, 4.69) is 0 Å². The van der Waals surface area contributed by atoms with Crippen molar-refractivity contribution < 1.29 is 114 Å². The molecule has 0 aliphatic carbocycles. The Morgan fingerprint density at radius 3 is 1.04 bits per heavy atom. The van der Waals surface area contributed by atoms with Crippen molar-refractivity contribution >= 4 is 21.8 Å². The predicted octanol–water partition coefficient (Wildman–Crippen LogP) is 2.55. The molecule has 1 rings (SSSR count). The Morgan fingerprint density at radius 2 is 0.960 bits per heavy atom. The second-order valence-electron chi connectivity index (χ2n) is 3.31. The summed E-state index contributed by atoms with van der Waals surface area (Å²) in [4.78, 5) is 0. The molecular weight excluding hydrogens is 416 g/mol. The summed E-state index contributed by atoms with van der Waals surface area (Å²) in [6, 6.07) is 0. The Bertz CT molecular complexity index is 216. The van der Waals surface area contributed by atoms with Crippen LogP contribution in [0.25, 0.3) is 0 Å². The van der Waals surface area contributed by atoms with E-state index in [4.69, 9.17) is 9.84 Å². The van der Waals surface area contributed by atoms with Crippen molar-refractivity contribution in [2.45, 2.75) is 39.4 Å². The van der Waals surface area contributed by atoms with E-state index in [0.29, 0.717) is 0 Å².